The van der Waals surface area contributed by atoms with E-state index in [-0.39, 0.29) is 23.7 Å². The SMILES string of the molecule is CNC(=O)C1CC1c1ccc2c(c1)CN(C(C)=O)c1ccc(Cl)cc1C=C2. The molecule has 1 aliphatic heterocycles. The summed E-state index contributed by atoms with van der Waals surface area (Å²) >= 11 is 6.14. The highest BCUT2D eigenvalue weighted by Crippen LogP contribution is 2.48. The first kappa shape index (κ1) is 17.8. The van der Waals surface area contributed by atoms with Gasteiger partial charge in [-0.15, -0.1) is 0 Å². The molecule has 2 aliphatic rings. The molecule has 4 nitrogen and oxygen atoms in total. The lowest BCUT2D eigenvalue weighted by atomic mass is 9.97. The van der Waals surface area contributed by atoms with Crippen molar-refractivity contribution in [1.29, 1.82) is 0 Å². The van der Waals surface area contributed by atoms with E-state index in [0.717, 1.165) is 34.4 Å². The molecule has 0 aromatic heterocycles. The maximum absolute atomic E-state index is 12.3. The van der Waals surface area contributed by atoms with Crippen LogP contribution in [0, 0.1) is 5.92 Å². The number of fused-ring (bicyclic) bond motifs is 2. The second-order valence-corrected chi connectivity index (χ2v) is 7.60. The maximum Gasteiger partial charge on any atom is 0.224 e. The summed E-state index contributed by atoms with van der Waals surface area (Å²) in [5.41, 5.74) is 5.11. The molecule has 5 heteroatoms. The highest BCUT2D eigenvalue weighted by molar-refractivity contribution is 6.30. The first-order chi connectivity index (χ1) is 13.0. The Kier molecular flexibility index (Phi) is 4.52. The Morgan fingerprint density at radius 2 is 1.89 bits per heavy atom. The summed E-state index contributed by atoms with van der Waals surface area (Å²) in [6.07, 6.45) is 4.94. The number of rotatable bonds is 2. The number of carbonyl (C=O) groups excluding carboxylic acids is 2. The molecule has 2 aromatic rings. The van der Waals surface area contributed by atoms with Gasteiger partial charge in [0.05, 0.1) is 12.2 Å². The minimum atomic E-state index is -0.0140. The molecular formula is C22H21ClN2O2. The van der Waals surface area contributed by atoms with Crippen molar-refractivity contribution in [3.63, 3.8) is 0 Å². The fourth-order valence-corrected chi connectivity index (χ4v) is 4.00. The van der Waals surface area contributed by atoms with Gasteiger partial charge < -0.3 is 10.2 Å². The zero-order chi connectivity index (χ0) is 19.1. The van der Waals surface area contributed by atoms with Crippen LogP contribution >= 0.6 is 11.6 Å². The van der Waals surface area contributed by atoms with Gasteiger partial charge in [-0.3, -0.25) is 9.59 Å². The van der Waals surface area contributed by atoms with E-state index in [4.69, 9.17) is 11.6 Å². The maximum atomic E-state index is 12.3. The molecule has 2 amide bonds. The smallest absolute Gasteiger partial charge is 0.224 e. The van der Waals surface area contributed by atoms with Crippen LogP contribution in [0.1, 0.15) is 41.5 Å². The van der Waals surface area contributed by atoms with E-state index in [0.29, 0.717) is 11.6 Å². The van der Waals surface area contributed by atoms with Gasteiger partial charge in [0.2, 0.25) is 11.8 Å². The highest BCUT2D eigenvalue weighted by atomic mass is 35.5. The van der Waals surface area contributed by atoms with E-state index >= 15 is 0 Å². The Morgan fingerprint density at radius 3 is 2.63 bits per heavy atom. The van der Waals surface area contributed by atoms with Crippen LogP contribution in [0.15, 0.2) is 36.4 Å². The molecule has 2 unspecified atom stereocenters. The van der Waals surface area contributed by atoms with Crippen LogP contribution in [0.3, 0.4) is 0 Å². The van der Waals surface area contributed by atoms with E-state index in [1.165, 1.54) is 0 Å². The second kappa shape index (κ2) is 6.86. The van der Waals surface area contributed by atoms with Crippen LogP contribution < -0.4 is 10.2 Å². The number of nitrogens with zero attached hydrogens (tertiary/aromatic N) is 1. The second-order valence-electron chi connectivity index (χ2n) is 7.16. The summed E-state index contributed by atoms with van der Waals surface area (Å²) in [6, 6.07) is 11.9. The molecule has 1 heterocycles. The van der Waals surface area contributed by atoms with Crippen molar-refractivity contribution in [3.05, 3.63) is 63.7 Å². The average Bonchev–Trinajstić information content (AvgIpc) is 3.43. The molecule has 138 valence electrons. The molecule has 0 radical (unpaired) electrons. The summed E-state index contributed by atoms with van der Waals surface area (Å²) in [7, 11) is 1.68. The van der Waals surface area contributed by atoms with Gasteiger partial charge >= 0.3 is 0 Å². The molecular weight excluding hydrogens is 360 g/mol. The Bertz CT molecular complexity index is 967. The van der Waals surface area contributed by atoms with Crippen LogP contribution in [0.25, 0.3) is 12.2 Å². The Balaban J connectivity index is 1.73. The number of benzene rings is 2. The molecule has 2 atom stereocenters. The summed E-state index contributed by atoms with van der Waals surface area (Å²) in [5.74, 6) is 0.410. The van der Waals surface area contributed by atoms with Gasteiger partial charge in [-0.05, 0) is 52.8 Å². The van der Waals surface area contributed by atoms with Gasteiger partial charge in [-0.2, -0.15) is 0 Å². The van der Waals surface area contributed by atoms with Crippen LogP contribution in [0.4, 0.5) is 5.69 Å². The van der Waals surface area contributed by atoms with Crippen molar-refractivity contribution in [2.45, 2.75) is 25.8 Å². The van der Waals surface area contributed by atoms with E-state index in [9.17, 15) is 9.59 Å². The third-order valence-electron chi connectivity index (χ3n) is 5.40. The van der Waals surface area contributed by atoms with Crippen LogP contribution in [0.2, 0.25) is 5.02 Å². The standard InChI is InChI=1S/C22H21ClN2O2/c1-13(26)25-12-17-9-15(19-11-20(19)22(27)24-2)5-3-14(17)4-6-16-10-18(23)7-8-21(16)25/h3-10,19-20H,11-12H2,1-2H3,(H,24,27). The van der Waals surface area contributed by atoms with E-state index in [1.807, 2.05) is 18.2 Å². The van der Waals surface area contributed by atoms with Gasteiger partial charge in [-0.25, -0.2) is 0 Å². The molecule has 0 spiro atoms. The molecule has 1 N–H and O–H groups in total. The van der Waals surface area contributed by atoms with Gasteiger partial charge in [0, 0.05) is 24.9 Å². The third kappa shape index (κ3) is 3.37. The fourth-order valence-electron chi connectivity index (χ4n) is 3.82. The molecule has 4 rings (SSSR count). The van der Waals surface area contributed by atoms with Crippen LogP contribution in [-0.2, 0) is 16.1 Å². The lowest BCUT2D eigenvalue weighted by Crippen LogP contribution is -2.29. The monoisotopic (exact) mass is 380 g/mol. The average molecular weight is 381 g/mol. The Hall–Kier alpha value is -2.59. The lowest BCUT2D eigenvalue weighted by molar-refractivity contribution is -0.122. The quantitative estimate of drug-likeness (QED) is 0.847. The van der Waals surface area contributed by atoms with Crippen LogP contribution in [-0.4, -0.2) is 18.9 Å². The Labute approximate surface area is 163 Å². The van der Waals surface area contributed by atoms with Gasteiger partial charge in [0.25, 0.3) is 0 Å². The zero-order valence-electron chi connectivity index (χ0n) is 15.3. The zero-order valence-corrected chi connectivity index (χ0v) is 16.1. The number of anilines is 1. The van der Waals surface area contributed by atoms with Crippen molar-refractivity contribution < 1.29 is 9.59 Å². The largest absolute Gasteiger partial charge is 0.359 e. The fraction of sp³-hybridized carbons (Fsp3) is 0.273. The van der Waals surface area contributed by atoms with Gasteiger partial charge in [-0.1, -0.05) is 42.0 Å². The number of carbonyl (C=O) groups is 2. The van der Waals surface area contributed by atoms with Crippen LogP contribution in [0.5, 0.6) is 0 Å². The van der Waals surface area contributed by atoms with E-state index < -0.39 is 0 Å². The van der Waals surface area contributed by atoms with E-state index in [1.54, 1.807) is 24.9 Å². The first-order valence-corrected chi connectivity index (χ1v) is 9.46. The summed E-state index contributed by atoms with van der Waals surface area (Å²) in [6.45, 7) is 2.07. The third-order valence-corrected chi connectivity index (χ3v) is 5.64. The van der Waals surface area contributed by atoms with Crippen molar-refractivity contribution in [2.24, 2.45) is 5.92 Å². The minimum absolute atomic E-state index is 0.0140. The van der Waals surface area contributed by atoms with E-state index in [2.05, 4.69) is 29.6 Å². The predicted octanol–water partition coefficient (Wildman–Crippen LogP) is 4.23. The number of amides is 2. The molecule has 2 aromatic carbocycles. The normalized spacial score (nSPS) is 20.2. The van der Waals surface area contributed by atoms with Gasteiger partial charge in [0.1, 0.15) is 0 Å². The Morgan fingerprint density at radius 1 is 1.11 bits per heavy atom. The molecule has 1 aliphatic carbocycles. The number of halogens is 1. The summed E-state index contributed by atoms with van der Waals surface area (Å²) in [5, 5.41) is 3.38. The minimum Gasteiger partial charge on any atom is -0.359 e. The first-order valence-electron chi connectivity index (χ1n) is 9.08. The topological polar surface area (TPSA) is 49.4 Å². The van der Waals surface area contributed by atoms with Crippen molar-refractivity contribution in [2.75, 3.05) is 11.9 Å². The van der Waals surface area contributed by atoms with Crippen molar-refractivity contribution in [1.82, 2.24) is 5.32 Å². The molecule has 0 saturated heterocycles. The molecule has 1 saturated carbocycles. The summed E-state index contributed by atoms with van der Waals surface area (Å²) in [4.78, 5) is 26.0. The number of hydrogen-bond donors (Lipinski definition) is 1. The number of hydrogen-bond acceptors (Lipinski definition) is 2. The molecule has 27 heavy (non-hydrogen) atoms. The van der Waals surface area contributed by atoms with Crippen molar-refractivity contribution >= 4 is 41.3 Å². The highest BCUT2D eigenvalue weighted by Gasteiger charge is 2.43. The van der Waals surface area contributed by atoms with Crippen molar-refractivity contribution in [3.8, 4) is 0 Å². The summed E-state index contributed by atoms with van der Waals surface area (Å²) < 4.78 is 0. The number of nitrogens with one attached hydrogen (secondary N) is 1. The predicted molar refractivity (Wildman–Crippen MR) is 109 cm³/mol. The molecule has 1 fully saturated rings. The molecule has 0 bridgehead atoms. The lowest BCUT2D eigenvalue weighted by Gasteiger charge is -2.26. The van der Waals surface area contributed by atoms with Gasteiger partial charge in [0.15, 0.2) is 0 Å².